The van der Waals surface area contributed by atoms with Gasteiger partial charge in [0.2, 0.25) is 5.91 Å². The van der Waals surface area contributed by atoms with Crippen LogP contribution in [0, 0.1) is 0 Å². The molecular weight excluding hydrogens is 220 g/mol. The predicted octanol–water partition coefficient (Wildman–Crippen LogP) is 1.50. The molecule has 0 radical (unpaired) electrons. The smallest absolute Gasteiger partial charge is 0.222 e. The number of hydrogen-bond donors (Lipinski definition) is 1. The van der Waals surface area contributed by atoms with Gasteiger partial charge in [-0.2, -0.15) is 0 Å². The van der Waals surface area contributed by atoms with Crippen LogP contribution in [0.15, 0.2) is 17.5 Å². The third-order valence-corrected chi connectivity index (χ3v) is 4.08. The fourth-order valence-electron chi connectivity index (χ4n) is 2.03. The van der Waals surface area contributed by atoms with Gasteiger partial charge in [0.05, 0.1) is 0 Å². The second kappa shape index (κ2) is 5.46. The van der Waals surface area contributed by atoms with Crippen molar-refractivity contribution in [3.8, 4) is 0 Å². The Morgan fingerprint density at radius 3 is 3.19 bits per heavy atom. The van der Waals surface area contributed by atoms with Crippen molar-refractivity contribution < 1.29 is 4.79 Å². The van der Waals surface area contributed by atoms with Crippen LogP contribution in [0.2, 0.25) is 0 Å². The summed E-state index contributed by atoms with van der Waals surface area (Å²) in [5.41, 5.74) is 0. The fourth-order valence-corrected chi connectivity index (χ4v) is 2.74. The average molecular weight is 238 g/mol. The van der Waals surface area contributed by atoms with E-state index in [1.54, 1.807) is 11.3 Å². The van der Waals surface area contributed by atoms with Gasteiger partial charge in [-0.1, -0.05) is 6.07 Å². The molecule has 0 spiro atoms. The van der Waals surface area contributed by atoms with Gasteiger partial charge in [-0.25, -0.2) is 0 Å². The lowest BCUT2D eigenvalue weighted by atomic mass is 10.2. The van der Waals surface area contributed by atoms with Crippen molar-refractivity contribution in [3.63, 3.8) is 0 Å². The fraction of sp³-hybridized carbons (Fsp3) is 0.583. The second-order valence-corrected chi connectivity index (χ2v) is 5.26. The zero-order valence-corrected chi connectivity index (χ0v) is 10.4. The van der Waals surface area contributed by atoms with E-state index >= 15 is 0 Å². The molecule has 0 aromatic carbocycles. The number of nitrogens with one attached hydrogen (secondary N) is 1. The number of rotatable bonds is 4. The second-order valence-electron chi connectivity index (χ2n) is 4.23. The molecule has 2 rings (SSSR count). The Labute approximate surface area is 100 Å². The summed E-state index contributed by atoms with van der Waals surface area (Å²) in [5, 5.41) is 5.35. The summed E-state index contributed by atoms with van der Waals surface area (Å²) >= 11 is 1.73. The maximum absolute atomic E-state index is 11.9. The molecule has 1 fully saturated rings. The van der Waals surface area contributed by atoms with E-state index in [9.17, 15) is 4.79 Å². The van der Waals surface area contributed by atoms with Crippen molar-refractivity contribution in [2.75, 3.05) is 20.1 Å². The molecule has 1 atom stereocenters. The summed E-state index contributed by atoms with van der Waals surface area (Å²) in [6.07, 6.45) is 2.59. The third kappa shape index (κ3) is 2.83. The van der Waals surface area contributed by atoms with Crippen molar-refractivity contribution in [3.05, 3.63) is 22.4 Å². The van der Waals surface area contributed by atoms with Crippen molar-refractivity contribution in [1.82, 2.24) is 10.2 Å². The first kappa shape index (κ1) is 11.6. The minimum Gasteiger partial charge on any atom is -0.341 e. The summed E-state index contributed by atoms with van der Waals surface area (Å²) in [6, 6.07) is 4.53. The topological polar surface area (TPSA) is 32.3 Å². The zero-order valence-electron chi connectivity index (χ0n) is 9.61. The van der Waals surface area contributed by atoms with Crippen LogP contribution in [0.25, 0.3) is 0 Å². The largest absolute Gasteiger partial charge is 0.341 e. The molecule has 16 heavy (non-hydrogen) atoms. The highest BCUT2D eigenvalue weighted by molar-refractivity contribution is 7.09. The van der Waals surface area contributed by atoms with Gasteiger partial charge in [-0.15, -0.1) is 11.3 Å². The predicted molar refractivity (Wildman–Crippen MR) is 66.7 cm³/mol. The third-order valence-electron chi connectivity index (χ3n) is 3.14. The maximum Gasteiger partial charge on any atom is 0.222 e. The Bertz CT molecular complexity index is 331. The van der Waals surface area contributed by atoms with Gasteiger partial charge in [-0.3, -0.25) is 4.79 Å². The molecular formula is C12H18N2OS. The summed E-state index contributed by atoms with van der Waals surface area (Å²) in [4.78, 5) is 15.1. The molecule has 1 amide bonds. The van der Waals surface area contributed by atoms with Crippen molar-refractivity contribution in [2.24, 2.45) is 0 Å². The van der Waals surface area contributed by atoms with Crippen LogP contribution in [-0.4, -0.2) is 37.0 Å². The van der Waals surface area contributed by atoms with E-state index in [0.29, 0.717) is 12.5 Å². The van der Waals surface area contributed by atoms with Crippen LogP contribution in [-0.2, 0) is 11.2 Å². The van der Waals surface area contributed by atoms with Gasteiger partial charge in [-0.05, 0) is 30.8 Å². The maximum atomic E-state index is 11.9. The highest BCUT2D eigenvalue weighted by atomic mass is 32.1. The van der Waals surface area contributed by atoms with Crippen LogP contribution in [0.3, 0.4) is 0 Å². The van der Waals surface area contributed by atoms with Crippen molar-refractivity contribution in [1.29, 1.82) is 0 Å². The summed E-state index contributed by atoms with van der Waals surface area (Å²) in [6.45, 7) is 1.98. The van der Waals surface area contributed by atoms with Crippen LogP contribution >= 0.6 is 11.3 Å². The quantitative estimate of drug-likeness (QED) is 0.862. The first-order valence-electron chi connectivity index (χ1n) is 5.76. The number of aryl methyl sites for hydroxylation is 1. The summed E-state index contributed by atoms with van der Waals surface area (Å²) < 4.78 is 0. The Kier molecular flexibility index (Phi) is 3.96. The lowest BCUT2D eigenvalue weighted by Crippen LogP contribution is -2.38. The van der Waals surface area contributed by atoms with Crippen LogP contribution in [0.1, 0.15) is 17.7 Å². The Hall–Kier alpha value is -0.870. The number of amides is 1. The molecule has 1 N–H and O–H groups in total. The zero-order chi connectivity index (χ0) is 11.4. The minimum absolute atomic E-state index is 0.266. The number of nitrogens with zero attached hydrogens (tertiary/aromatic N) is 1. The SMILES string of the molecule is CN(C(=O)CCc1cccs1)C1CCNC1. The van der Waals surface area contributed by atoms with Gasteiger partial charge in [0.1, 0.15) is 0 Å². The van der Waals surface area contributed by atoms with Crippen LogP contribution in [0.5, 0.6) is 0 Å². The van der Waals surface area contributed by atoms with Crippen LogP contribution < -0.4 is 5.32 Å². The Morgan fingerprint density at radius 2 is 2.56 bits per heavy atom. The molecule has 4 heteroatoms. The van der Waals surface area contributed by atoms with E-state index in [-0.39, 0.29) is 5.91 Å². The van der Waals surface area contributed by atoms with Gasteiger partial charge in [0, 0.05) is 30.9 Å². The van der Waals surface area contributed by atoms with E-state index < -0.39 is 0 Å². The van der Waals surface area contributed by atoms with E-state index in [1.165, 1.54) is 4.88 Å². The highest BCUT2D eigenvalue weighted by Crippen LogP contribution is 2.13. The van der Waals surface area contributed by atoms with Crippen molar-refractivity contribution in [2.45, 2.75) is 25.3 Å². The molecule has 0 saturated carbocycles. The molecule has 1 aromatic rings. The number of thiophene rings is 1. The van der Waals surface area contributed by atoms with E-state index in [4.69, 9.17) is 0 Å². The standard InChI is InChI=1S/C12H18N2OS/c1-14(10-6-7-13-9-10)12(15)5-4-11-3-2-8-16-11/h2-3,8,10,13H,4-7,9H2,1H3. The molecule has 0 bridgehead atoms. The molecule has 1 aliphatic rings. The van der Waals surface area contributed by atoms with Gasteiger partial charge < -0.3 is 10.2 Å². The first-order valence-corrected chi connectivity index (χ1v) is 6.64. The molecule has 88 valence electrons. The molecule has 0 aliphatic carbocycles. The van der Waals surface area contributed by atoms with Gasteiger partial charge in [0.15, 0.2) is 0 Å². The monoisotopic (exact) mass is 238 g/mol. The highest BCUT2D eigenvalue weighted by Gasteiger charge is 2.22. The number of carbonyl (C=O) groups is 1. The van der Waals surface area contributed by atoms with Gasteiger partial charge >= 0.3 is 0 Å². The normalized spacial score (nSPS) is 19.9. The first-order chi connectivity index (χ1) is 7.77. The molecule has 3 nitrogen and oxygen atoms in total. The Morgan fingerprint density at radius 1 is 1.69 bits per heavy atom. The molecule has 1 unspecified atom stereocenters. The Balaban J connectivity index is 1.78. The lowest BCUT2D eigenvalue weighted by Gasteiger charge is -2.23. The number of carbonyl (C=O) groups excluding carboxylic acids is 1. The van der Waals surface area contributed by atoms with E-state index in [2.05, 4.69) is 16.8 Å². The number of likely N-dealkylation sites (N-methyl/N-ethyl adjacent to an activating group) is 1. The molecule has 1 aliphatic heterocycles. The molecule has 1 aromatic heterocycles. The van der Waals surface area contributed by atoms with Crippen LogP contribution in [0.4, 0.5) is 0 Å². The summed E-state index contributed by atoms with van der Waals surface area (Å²) in [5.74, 6) is 0.266. The summed E-state index contributed by atoms with van der Waals surface area (Å²) in [7, 11) is 1.93. The molecule has 1 saturated heterocycles. The minimum atomic E-state index is 0.266. The van der Waals surface area contributed by atoms with E-state index in [0.717, 1.165) is 25.9 Å². The molecule has 2 heterocycles. The number of hydrogen-bond acceptors (Lipinski definition) is 3. The van der Waals surface area contributed by atoms with E-state index in [1.807, 2.05) is 18.0 Å². The van der Waals surface area contributed by atoms with Crippen molar-refractivity contribution >= 4 is 17.2 Å². The lowest BCUT2D eigenvalue weighted by molar-refractivity contribution is -0.131. The average Bonchev–Trinajstić information content (AvgIpc) is 2.96. The van der Waals surface area contributed by atoms with Gasteiger partial charge in [0.25, 0.3) is 0 Å².